The lowest BCUT2D eigenvalue weighted by Gasteiger charge is -2.05. The molecular formula is C9H12N2O7S. The van der Waals surface area contributed by atoms with Gasteiger partial charge in [0, 0.05) is 0 Å². The van der Waals surface area contributed by atoms with Crippen LogP contribution in [0.1, 0.15) is 21.9 Å². The average Bonchev–Trinajstić information content (AvgIpc) is 2.67. The molecule has 1 aromatic heterocycles. The van der Waals surface area contributed by atoms with Crippen molar-refractivity contribution in [2.45, 2.75) is 13.5 Å². The van der Waals surface area contributed by atoms with Crippen LogP contribution in [0.3, 0.4) is 0 Å². The maximum Gasteiger partial charge on any atom is 0.421 e. The Bertz CT molecular complexity index is 590. The normalized spacial score (nSPS) is 11.1. The molecule has 3 N–H and O–H groups in total. The van der Waals surface area contributed by atoms with Crippen LogP contribution in [0.15, 0.2) is 10.5 Å². The molecule has 0 saturated carbocycles. The number of carboxylic acid groups (broad SMARTS) is 1. The van der Waals surface area contributed by atoms with E-state index in [0.717, 1.165) is 7.11 Å². The zero-order valence-corrected chi connectivity index (χ0v) is 10.9. The molecule has 0 aliphatic carbocycles. The number of amides is 1. The predicted octanol–water partition coefficient (Wildman–Crippen LogP) is -0.0234. The molecule has 1 aromatic rings. The van der Waals surface area contributed by atoms with Crippen LogP contribution in [0.5, 0.6) is 0 Å². The fourth-order valence-corrected chi connectivity index (χ4v) is 1.90. The van der Waals surface area contributed by atoms with Gasteiger partial charge in [0.15, 0.2) is 0 Å². The molecule has 0 atom stereocenters. The summed E-state index contributed by atoms with van der Waals surface area (Å²) >= 11 is 0. The number of aromatic carboxylic acids is 1. The predicted molar refractivity (Wildman–Crippen MR) is 61.7 cm³/mol. The Labute approximate surface area is 108 Å². The molecule has 0 saturated heterocycles. The van der Waals surface area contributed by atoms with E-state index in [9.17, 15) is 18.0 Å². The zero-order valence-electron chi connectivity index (χ0n) is 10.1. The van der Waals surface area contributed by atoms with E-state index in [4.69, 9.17) is 9.52 Å². The van der Waals surface area contributed by atoms with Gasteiger partial charge in [0.05, 0.1) is 13.7 Å². The first-order valence-electron chi connectivity index (χ1n) is 4.93. The number of carbonyl (C=O) groups excluding carboxylic acids is 1. The number of aryl methyl sites for hydroxylation is 1. The van der Waals surface area contributed by atoms with Gasteiger partial charge in [-0.15, -0.1) is 0 Å². The molecule has 0 bridgehead atoms. The molecule has 1 amide bonds. The van der Waals surface area contributed by atoms with Crippen molar-refractivity contribution in [1.29, 1.82) is 0 Å². The number of hydrogen-bond acceptors (Lipinski definition) is 6. The van der Waals surface area contributed by atoms with Gasteiger partial charge in [-0.1, -0.05) is 0 Å². The van der Waals surface area contributed by atoms with E-state index >= 15 is 0 Å². The Hall–Kier alpha value is -2.07. The summed E-state index contributed by atoms with van der Waals surface area (Å²) in [7, 11) is -3.08. The molecule has 0 aliphatic rings. The molecule has 0 aromatic carbocycles. The zero-order chi connectivity index (χ0) is 14.6. The van der Waals surface area contributed by atoms with Gasteiger partial charge in [-0.05, 0) is 13.0 Å². The van der Waals surface area contributed by atoms with Crippen molar-refractivity contribution in [1.82, 2.24) is 9.44 Å². The largest absolute Gasteiger partial charge is 0.478 e. The number of hydrogen-bond donors (Lipinski definition) is 3. The third kappa shape index (κ3) is 4.26. The van der Waals surface area contributed by atoms with Crippen LogP contribution in [0.25, 0.3) is 0 Å². The van der Waals surface area contributed by atoms with Crippen LogP contribution in [0, 0.1) is 6.92 Å². The third-order valence-corrected chi connectivity index (χ3v) is 3.00. The third-order valence-electron chi connectivity index (χ3n) is 2.04. The number of carboxylic acids is 1. The molecule has 1 heterocycles. The minimum atomic E-state index is -4.10. The average molecular weight is 292 g/mol. The van der Waals surface area contributed by atoms with Crippen molar-refractivity contribution < 1.29 is 32.3 Å². The van der Waals surface area contributed by atoms with Crippen molar-refractivity contribution in [2.75, 3.05) is 7.11 Å². The van der Waals surface area contributed by atoms with Crippen LogP contribution >= 0.6 is 0 Å². The van der Waals surface area contributed by atoms with Crippen LogP contribution in [0.4, 0.5) is 4.79 Å². The Morgan fingerprint density at radius 3 is 2.58 bits per heavy atom. The van der Waals surface area contributed by atoms with Gasteiger partial charge in [0.25, 0.3) is 0 Å². The molecular weight excluding hydrogens is 280 g/mol. The molecule has 106 valence electrons. The van der Waals surface area contributed by atoms with Gasteiger partial charge in [0.2, 0.25) is 0 Å². The van der Waals surface area contributed by atoms with Crippen LogP contribution < -0.4 is 9.44 Å². The Morgan fingerprint density at radius 2 is 2.11 bits per heavy atom. The summed E-state index contributed by atoms with van der Waals surface area (Å²) in [6.45, 7) is 1.13. The van der Waals surface area contributed by atoms with Crippen LogP contribution in [-0.2, 0) is 21.5 Å². The molecule has 0 fully saturated rings. The van der Waals surface area contributed by atoms with Gasteiger partial charge in [-0.25, -0.2) is 14.3 Å². The number of ether oxygens (including phenoxy) is 1. The Balaban J connectivity index is 2.69. The Kier molecular flexibility index (Phi) is 4.51. The lowest BCUT2D eigenvalue weighted by Crippen LogP contribution is -2.39. The van der Waals surface area contributed by atoms with E-state index in [0.29, 0.717) is 0 Å². The lowest BCUT2D eigenvalue weighted by molar-refractivity contribution is 0.0695. The number of nitrogens with one attached hydrogen (secondary N) is 2. The second-order valence-corrected chi connectivity index (χ2v) is 4.91. The van der Waals surface area contributed by atoms with E-state index in [1.807, 2.05) is 4.72 Å². The number of furan rings is 1. The number of rotatable bonds is 5. The summed E-state index contributed by atoms with van der Waals surface area (Å²) in [4.78, 5) is 21.5. The quantitative estimate of drug-likeness (QED) is 0.693. The fourth-order valence-electron chi connectivity index (χ4n) is 1.20. The first kappa shape index (κ1) is 15.0. The van der Waals surface area contributed by atoms with E-state index in [-0.39, 0.29) is 23.6 Å². The first-order valence-corrected chi connectivity index (χ1v) is 6.41. The highest BCUT2D eigenvalue weighted by atomic mass is 32.2. The van der Waals surface area contributed by atoms with E-state index in [1.54, 1.807) is 4.72 Å². The van der Waals surface area contributed by atoms with Crippen molar-refractivity contribution >= 4 is 22.3 Å². The van der Waals surface area contributed by atoms with E-state index < -0.39 is 22.3 Å². The highest BCUT2D eigenvalue weighted by Crippen LogP contribution is 2.14. The maximum atomic E-state index is 11.3. The first-order chi connectivity index (χ1) is 8.75. The lowest BCUT2D eigenvalue weighted by atomic mass is 10.2. The monoisotopic (exact) mass is 292 g/mol. The molecule has 0 unspecified atom stereocenters. The molecule has 0 aliphatic heterocycles. The van der Waals surface area contributed by atoms with Gasteiger partial charge in [-0.2, -0.15) is 13.1 Å². The highest BCUT2D eigenvalue weighted by Gasteiger charge is 2.17. The molecule has 1 rings (SSSR count). The van der Waals surface area contributed by atoms with Crippen molar-refractivity contribution in [3.05, 3.63) is 23.2 Å². The summed E-state index contributed by atoms with van der Waals surface area (Å²) in [6, 6.07) is 1.19. The topological polar surface area (TPSA) is 135 Å². The second-order valence-electron chi connectivity index (χ2n) is 3.41. The van der Waals surface area contributed by atoms with Gasteiger partial charge < -0.3 is 14.3 Å². The summed E-state index contributed by atoms with van der Waals surface area (Å²) in [5.74, 6) is -0.921. The van der Waals surface area contributed by atoms with Crippen LogP contribution in [-0.4, -0.2) is 32.7 Å². The van der Waals surface area contributed by atoms with Crippen molar-refractivity contribution in [3.63, 3.8) is 0 Å². The number of methoxy groups -OCH3 is 1. The maximum absolute atomic E-state index is 11.3. The summed E-state index contributed by atoms with van der Waals surface area (Å²) < 4.78 is 35.4. The number of carbonyl (C=O) groups is 2. The standard InChI is InChI=1S/C9H12N2O7S/c1-5-7(8(12)13)3-6(18-5)4-10-19(15,16)11-9(14)17-2/h3,10H,4H2,1-2H3,(H,11,14)(H,12,13). The Morgan fingerprint density at radius 1 is 1.47 bits per heavy atom. The fraction of sp³-hybridized carbons (Fsp3) is 0.333. The molecule has 19 heavy (non-hydrogen) atoms. The second kappa shape index (κ2) is 5.71. The SMILES string of the molecule is COC(=O)NS(=O)(=O)NCc1cc(C(=O)O)c(C)o1. The molecule has 0 radical (unpaired) electrons. The summed E-state index contributed by atoms with van der Waals surface area (Å²) in [5, 5.41) is 8.79. The van der Waals surface area contributed by atoms with Crippen molar-refractivity contribution in [3.8, 4) is 0 Å². The van der Waals surface area contributed by atoms with Gasteiger partial charge in [0.1, 0.15) is 17.1 Å². The van der Waals surface area contributed by atoms with Crippen LogP contribution in [0.2, 0.25) is 0 Å². The van der Waals surface area contributed by atoms with Gasteiger partial charge in [-0.3, -0.25) is 0 Å². The van der Waals surface area contributed by atoms with Gasteiger partial charge >= 0.3 is 22.3 Å². The minimum absolute atomic E-state index is 0.0601. The summed E-state index contributed by atoms with van der Waals surface area (Å²) in [5.41, 5.74) is -0.0601. The minimum Gasteiger partial charge on any atom is -0.478 e. The van der Waals surface area contributed by atoms with E-state index in [2.05, 4.69) is 4.74 Å². The molecule has 0 spiro atoms. The molecule has 9 nitrogen and oxygen atoms in total. The smallest absolute Gasteiger partial charge is 0.421 e. The van der Waals surface area contributed by atoms with Crippen molar-refractivity contribution in [2.24, 2.45) is 0 Å². The highest BCUT2D eigenvalue weighted by molar-refractivity contribution is 7.88. The van der Waals surface area contributed by atoms with E-state index in [1.165, 1.54) is 13.0 Å². The molecule has 10 heteroatoms. The summed E-state index contributed by atoms with van der Waals surface area (Å²) in [6.07, 6.45) is -1.14.